The molecule has 22 heavy (non-hydrogen) atoms. The second-order valence-electron chi connectivity index (χ2n) is 6.33. The molecule has 3 aromatic rings. The number of hydrogen-bond donors (Lipinski definition) is 0. The lowest BCUT2D eigenvalue weighted by Gasteiger charge is -2.16. The summed E-state index contributed by atoms with van der Waals surface area (Å²) in [7, 11) is 1.84. The number of fused-ring (bicyclic) bond motifs is 2. The summed E-state index contributed by atoms with van der Waals surface area (Å²) in [5.41, 5.74) is 4.76. The Labute approximate surface area is 129 Å². The molecule has 1 aliphatic rings. The number of benzene rings is 1. The fourth-order valence-electron chi connectivity index (χ4n) is 3.25. The van der Waals surface area contributed by atoms with E-state index in [0.717, 1.165) is 28.0 Å². The summed E-state index contributed by atoms with van der Waals surface area (Å²) in [6.07, 6.45) is 5.72. The molecule has 0 bridgehead atoms. The van der Waals surface area contributed by atoms with E-state index in [-0.39, 0.29) is 5.91 Å². The Balaban J connectivity index is 1.87. The molecule has 0 spiro atoms. The minimum Gasteiger partial charge on any atom is -0.314 e. The lowest BCUT2D eigenvalue weighted by atomic mass is 9.85. The Morgan fingerprint density at radius 1 is 1.05 bits per heavy atom. The zero-order valence-corrected chi connectivity index (χ0v) is 12.9. The Bertz CT molecular complexity index is 908. The normalized spacial score (nSPS) is 16.3. The van der Waals surface area contributed by atoms with Gasteiger partial charge in [-0.3, -0.25) is 4.79 Å². The van der Waals surface area contributed by atoms with Crippen LogP contribution in [0, 0.1) is 0 Å². The van der Waals surface area contributed by atoms with Crippen LogP contribution in [0.2, 0.25) is 0 Å². The van der Waals surface area contributed by atoms with Gasteiger partial charge in [0.05, 0.1) is 5.41 Å². The maximum Gasteiger partial charge on any atom is 0.236 e. The van der Waals surface area contributed by atoms with E-state index in [0.29, 0.717) is 0 Å². The molecule has 0 fully saturated rings. The minimum atomic E-state index is -0.449. The summed E-state index contributed by atoms with van der Waals surface area (Å²) in [4.78, 5) is 18.5. The number of pyridine rings is 1. The third kappa shape index (κ3) is 1.64. The highest BCUT2D eigenvalue weighted by atomic mass is 16.2. The maximum absolute atomic E-state index is 12.4. The van der Waals surface area contributed by atoms with Crippen LogP contribution in [-0.4, -0.2) is 22.3 Å². The van der Waals surface area contributed by atoms with Crippen molar-refractivity contribution in [3.05, 3.63) is 54.5 Å². The number of nitrogens with zero attached hydrogens (tertiary/aromatic N) is 3. The zero-order valence-electron chi connectivity index (χ0n) is 12.9. The minimum absolute atomic E-state index is 0.142. The van der Waals surface area contributed by atoms with Gasteiger partial charge >= 0.3 is 0 Å². The van der Waals surface area contributed by atoms with E-state index in [2.05, 4.69) is 35.3 Å². The van der Waals surface area contributed by atoms with E-state index < -0.39 is 5.41 Å². The van der Waals surface area contributed by atoms with Gasteiger partial charge in [0.25, 0.3) is 0 Å². The van der Waals surface area contributed by atoms with Gasteiger partial charge in [-0.15, -0.1) is 0 Å². The van der Waals surface area contributed by atoms with E-state index in [4.69, 9.17) is 0 Å². The fraction of sp³-hybridized carbons (Fsp3) is 0.222. The summed E-state index contributed by atoms with van der Waals surface area (Å²) in [5.74, 6) is 0.142. The molecule has 0 saturated heterocycles. The highest BCUT2D eigenvalue weighted by molar-refractivity contribution is 6.07. The van der Waals surface area contributed by atoms with E-state index in [1.165, 1.54) is 0 Å². The predicted molar refractivity (Wildman–Crippen MR) is 87.1 cm³/mol. The molecule has 110 valence electrons. The van der Waals surface area contributed by atoms with Crippen LogP contribution < -0.4 is 4.90 Å². The smallest absolute Gasteiger partial charge is 0.236 e. The summed E-state index contributed by atoms with van der Waals surface area (Å²) < 4.78 is 1.98. The highest BCUT2D eigenvalue weighted by Gasteiger charge is 2.42. The van der Waals surface area contributed by atoms with Crippen molar-refractivity contribution in [3.8, 4) is 11.1 Å². The van der Waals surface area contributed by atoms with Crippen LogP contribution in [0.15, 0.2) is 48.9 Å². The lowest BCUT2D eigenvalue weighted by molar-refractivity contribution is -0.121. The topological polar surface area (TPSA) is 37.6 Å². The zero-order chi connectivity index (χ0) is 15.5. The molecule has 0 N–H and O–H groups in total. The number of carbonyl (C=O) groups is 1. The van der Waals surface area contributed by atoms with Crippen molar-refractivity contribution in [1.82, 2.24) is 9.38 Å². The molecular weight excluding hydrogens is 274 g/mol. The van der Waals surface area contributed by atoms with Crippen LogP contribution in [-0.2, 0) is 10.2 Å². The van der Waals surface area contributed by atoms with Crippen LogP contribution in [0.5, 0.6) is 0 Å². The number of likely N-dealkylation sites (N-methyl/N-ethyl adjacent to an activating group) is 1. The number of anilines is 1. The van der Waals surface area contributed by atoms with Crippen molar-refractivity contribution in [2.75, 3.05) is 11.9 Å². The number of imidazole rings is 1. The molecule has 1 aromatic carbocycles. The van der Waals surface area contributed by atoms with Gasteiger partial charge in [0, 0.05) is 31.3 Å². The Kier molecular flexibility index (Phi) is 2.49. The first-order chi connectivity index (χ1) is 10.5. The SMILES string of the molecule is CN1C(=O)C(C)(C)c2ccc(-c3ccn4ccnc4c3)cc21. The molecule has 4 rings (SSSR count). The first kappa shape index (κ1) is 13.1. The molecule has 0 aliphatic carbocycles. The summed E-state index contributed by atoms with van der Waals surface area (Å²) in [6, 6.07) is 10.4. The molecule has 4 heteroatoms. The van der Waals surface area contributed by atoms with E-state index in [9.17, 15) is 4.79 Å². The predicted octanol–water partition coefficient (Wildman–Crippen LogP) is 3.26. The van der Waals surface area contributed by atoms with Gasteiger partial charge in [0.2, 0.25) is 5.91 Å². The highest BCUT2D eigenvalue weighted by Crippen LogP contribution is 2.42. The van der Waals surface area contributed by atoms with Gasteiger partial charge in [-0.2, -0.15) is 0 Å². The van der Waals surface area contributed by atoms with E-state index >= 15 is 0 Å². The summed E-state index contributed by atoms with van der Waals surface area (Å²) in [5, 5.41) is 0. The van der Waals surface area contributed by atoms with Gasteiger partial charge in [-0.25, -0.2) is 4.98 Å². The molecule has 1 aliphatic heterocycles. The van der Waals surface area contributed by atoms with E-state index in [1.807, 2.05) is 37.7 Å². The summed E-state index contributed by atoms with van der Waals surface area (Å²) in [6.45, 7) is 3.96. The Morgan fingerprint density at radius 3 is 2.64 bits per heavy atom. The monoisotopic (exact) mass is 291 g/mol. The average Bonchev–Trinajstić information content (AvgIpc) is 3.05. The van der Waals surface area contributed by atoms with Gasteiger partial charge in [0.1, 0.15) is 5.65 Å². The Hall–Kier alpha value is -2.62. The van der Waals surface area contributed by atoms with E-state index in [1.54, 1.807) is 11.1 Å². The number of carbonyl (C=O) groups excluding carboxylic acids is 1. The third-order valence-electron chi connectivity index (χ3n) is 4.60. The van der Waals surface area contributed by atoms with Crippen LogP contribution in [0.1, 0.15) is 19.4 Å². The molecule has 1 amide bonds. The van der Waals surface area contributed by atoms with Crippen molar-refractivity contribution in [3.63, 3.8) is 0 Å². The van der Waals surface area contributed by atoms with Gasteiger partial charge in [-0.05, 0) is 48.7 Å². The maximum atomic E-state index is 12.4. The van der Waals surface area contributed by atoms with Crippen LogP contribution in [0.3, 0.4) is 0 Å². The molecule has 0 unspecified atom stereocenters. The molecule has 0 saturated carbocycles. The summed E-state index contributed by atoms with van der Waals surface area (Å²) >= 11 is 0. The van der Waals surface area contributed by atoms with Crippen molar-refractivity contribution in [1.29, 1.82) is 0 Å². The van der Waals surface area contributed by atoms with Gasteiger partial charge in [-0.1, -0.05) is 12.1 Å². The standard InChI is InChI=1S/C18H17N3O/c1-18(2)14-5-4-12(10-15(14)20(3)17(18)22)13-6-8-21-9-7-19-16(21)11-13/h4-11H,1-3H3. The molecule has 2 aromatic heterocycles. The fourth-order valence-corrected chi connectivity index (χ4v) is 3.25. The van der Waals surface area contributed by atoms with Crippen molar-refractivity contribution < 1.29 is 4.79 Å². The first-order valence-electron chi connectivity index (χ1n) is 7.34. The van der Waals surface area contributed by atoms with Crippen LogP contribution in [0.4, 0.5) is 5.69 Å². The molecular formula is C18H17N3O. The Morgan fingerprint density at radius 2 is 1.82 bits per heavy atom. The number of hydrogen-bond acceptors (Lipinski definition) is 2. The van der Waals surface area contributed by atoms with Gasteiger partial charge in [0.15, 0.2) is 0 Å². The largest absolute Gasteiger partial charge is 0.314 e. The number of aromatic nitrogens is 2. The number of rotatable bonds is 1. The second-order valence-corrected chi connectivity index (χ2v) is 6.33. The number of amides is 1. The lowest BCUT2D eigenvalue weighted by Crippen LogP contribution is -2.33. The van der Waals surface area contributed by atoms with Gasteiger partial charge < -0.3 is 9.30 Å². The third-order valence-corrected chi connectivity index (χ3v) is 4.60. The molecule has 4 nitrogen and oxygen atoms in total. The second kappa shape index (κ2) is 4.19. The van der Waals surface area contributed by atoms with Crippen LogP contribution >= 0.6 is 0 Å². The molecule has 0 radical (unpaired) electrons. The van der Waals surface area contributed by atoms with Crippen LogP contribution in [0.25, 0.3) is 16.8 Å². The van der Waals surface area contributed by atoms with Crippen molar-refractivity contribution in [2.24, 2.45) is 0 Å². The molecule has 0 atom stereocenters. The first-order valence-corrected chi connectivity index (χ1v) is 7.34. The van der Waals surface area contributed by atoms with Crippen molar-refractivity contribution >= 4 is 17.2 Å². The quantitative estimate of drug-likeness (QED) is 0.690. The van der Waals surface area contributed by atoms with Crippen molar-refractivity contribution in [2.45, 2.75) is 19.3 Å². The average molecular weight is 291 g/mol. The molecule has 3 heterocycles.